The lowest BCUT2D eigenvalue weighted by molar-refractivity contribution is 0.201. The van der Waals surface area contributed by atoms with Crippen molar-refractivity contribution in [3.8, 4) is 11.8 Å². The standard InChI is InChI=1S/C22H32N6O4/c1-5-13(3)16(12-29)24-10-14-7-8-15(17(9-14)31-4)11-28-20-18(25-22(28)30)19(23)26-21(27-20)32-6-2/h7-9,13,16,24,29H,5-6,10-12H2,1-4H3,(H,25,30)(H2,23,26,27)/t13-,16?/m0/s1. The quantitative estimate of drug-likeness (QED) is 0.350. The number of hydrogen-bond donors (Lipinski definition) is 4. The molecule has 3 rings (SSSR count). The molecule has 0 amide bonds. The monoisotopic (exact) mass is 444 g/mol. The molecule has 32 heavy (non-hydrogen) atoms. The van der Waals surface area contributed by atoms with E-state index in [-0.39, 0.29) is 36.7 Å². The smallest absolute Gasteiger partial charge is 0.328 e. The summed E-state index contributed by atoms with van der Waals surface area (Å²) in [6.45, 7) is 7.35. The van der Waals surface area contributed by atoms with Crippen LogP contribution in [0.25, 0.3) is 11.2 Å². The summed E-state index contributed by atoms with van der Waals surface area (Å²) in [5, 5.41) is 13.0. The number of anilines is 1. The summed E-state index contributed by atoms with van der Waals surface area (Å²) in [5.74, 6) is 1.18. The van der Waals surface area contributed by atoms with Crippen molar-refractivity contribution in [3.05, 3.63) is 39.8 Å². The minimum Gasteiger partial charge on any atom is -0.496 e. The second kappa shape index (κ2) is 10.5. The van der Waals surface area contributed by atoms with E-state index in [2.05, 4.69) is 34.1 Å². The molecular formula is C22H32N6O4. The highest BCUT2D eigenvalue weighted by Crippen LogP contribution is 2.24. The summed E-state index contributed by atoms with van der Waals surface area (Å²) in [4.78, 5) is 23.7. The first-order chi connectivity index (χ1) is 15.4. The van der Waals surface area contributed by atoms with Crippen LogP contribution in [-0.4, -0.2) is 51.0 Å². The van der Waals surface area contributed by atoms with Gasteiger partial charge in [0.25, 0.3) is 0 Å². The fourth-order valence-electron chi connectivity index (χ4n) is 3.55. The number of nitrogens with two attached hydrogens (primary N) is 1. The molecule has 0 bridgehead atoms. The van der Waals surface area contributed by atoms with Gasteiger partial charge in [0, 0.05) is 18.2 Å². The van der Waals surface area contributed by atoms with Crippen LogP contribution in [0.3, 0.4) is 0 Å². The van der Waals surface area contributed by atoms with Gasteiger partial charge in [-0.1, -0.05) is 32.4 Å². The van der Waals surface area contributed by atoms with Crippen molar-refractivity contribution in [2.24, 2.45) is 5.92 Å². The van der Waals surface area contributed by atoms with Crippen molar-refractivity contribution in [1.29, 1.82) is 0 Å². The van der Waals surface area contributed by atoms with Crippen LogP contribution < -0.4 is 26.2 Å². The SMILES string of the molecule is CCOc1nc(N)c2[nH]c(=O)n(Cc3ccc(CNC(CO)[C@@H](C)CC)cc3OC)c2n1. The van der Waals surface area contributed by atoms with Gasteiger partial charge in [-0.25, -0.2) is 4.79 Å². The van der Waals surface area contributed by atoms with Gasteiger partial charge in [0.1, 0.15) is 11.3 Å². The summed E-state index contributed by atoms with van der Waals surface area (Å²) in [6, 6.07) is 5.98. The third kappa shape index (κ3) is 5.03. The van der Waals surface area contributed by atoms with Crippen molar-refractivity contribution < 1.29 is 14.6 Å². The summed E-state index contributed by atoms with van der Waals surface area (Å²) in [7, 11) is 1.59. The number of benzene rings is 1. The van der Waals surface area contributed by atoms with Gasteiger partial charge >= 0.3 is 11.7 Å². The number of imidazole rings is 1. The molecular weight excluding hydrogens is 412 g/mol. The Balaban J connectivity index is 1.87. The van der Waals surface area contributed by atoms with Gasteiger partial charge in [-0.3, -0.25) is 4.57 Å². The number of ether oxygens (including phenoxy) is 2. The Morgan fingerprint density at radius 2 is 2.09 bits per heavy atom. The Morgan fingerprint density at radius 3 is 2.75 bits per heavy atom. The van der Waals surface area contributed by atoms with E-state index in [0.29, 0.717) is 36.0 Å². The van der Waals surface area contributed by atoms with Crippen LogP contribution in [0, 0.1) is 5.92 Å². The van der Waals surface area contributed by atoms with Crippen LogP contribution in [0.15, 0.2) is 23.0 Å². The number of aliphatic hydroxyl groups excluding tert-OH is 1. The average molecular weight is 445 g/mol. The van der Waals surface area contributed by atoms with Crippen LogP contribution in [0.4, 0.5) is 5.82 Å². The van der Waals surface area contributed by atoms with E-state index in [1.54, 1.807) is 7.11 Å². The Kier molecular flexibility index (Phi) is 7.70. The van der Waals surface area contributed by atoms with Crippen molar-refractivity contribution in [3.63, 3.8) is 0 Å². The van der Waals surface area contributed by atoms with Gasteiger partial charge in [-0.15, -0.1) is 0 Å². The Morgan fingerprint density at radius 1 is 1.31 bits per heavy atom. The minimum atomic E-state index is -0.346. The van der Waals surface area contributed by atoms with Crippen LogP contribution in [0.1, 0.15) is 38.3 Å². The lowest BCUT2D eigenvalue weighted by Gasteiger charge is -2.22. The van der Waals surface area contributed by atoms with Crippen molar-refractivity contribution in [2.45, 2.75) is 46.3 Å². The Hall–Kier alpha value is -3.11. The number of aromatic nitrogens is 4. The molecule has 0 radical (unpaired) electrons. The molecule has 2 aromatic heterocycles. The maximum absolute atomic E-state index is 12.6. The first-order valence-corrected chi connectivity index (χ1v) is 10.8. The number of aromatic amines is 1. The zero-order valence-corrected chi connectivity index (χ0v) is 19.0. The largest absolute Gasteiger partial charge is 0.496 e. The highest BCUT2D eigenvalue weighted by atomic mass is 16.5. The number of H-pyrrole nitrogens is 1. The molecule has 0 spiro atoms. The van der Waals surface area contributed by atoms with Gasteiger partial charge in [0.2, 0.25) is 0 Å². The summed E-state index contributed by atoms with van der Waals surface area (Å²) < 4.78 is 12.4. The molecule has 2 atom stereocenters. The second-order valence-electron chi connectivity index (χ2n) is 7.74. The molecule has 2 heterocycles. The van der Waals surface area contributed by atoms with Crippen LogP contribution >= 0.6 is 0 Å². The van der Waals surface area contributed by atoms with E-state index < -0.39 is 0 Å². The maximum atomic E-state index is 12.6. The van der Waals surface area contributed by atoms with Gasteiger partial charge in [-0.2, -0.15) is 9.97 Å². The van der Waals surface area contributed by atoms with E-state index in [1.807, 2.05) is 25.1 Å². The molecule has 0 aliphatic heterocycles. The van der Waals surface area contributed by atoms with Gasteiger partial charge in [0.05, 0.1) is 26.9 Å². The number of nitrogens with zero attached hydrogens (tertiary/aromatic N) is 3. The van der Waals surface area contributed by atoms with Crippen molar-refractivity contribution >= 4 is 17.0 Å². The lowest BCUT2D eigenvalue weighted by atomic mass is 9.99. The van der Waals surface area contributed by atoms with E-state index in [0.717, 1.165) is 17.5 Å². The van der Waals surface area contributed by atoms with Gasteiger partial charge in [0.15, 0.2) is 11.5 Å². The lowest BCUT2D eigenvalue weighted by Crippen LogP contribution is -2.37. The predicted molar refractivity (Wildman–Crippen MR) is 123 cm³/mol. The molecule has 1 unspecified atom stereocenters. The molecule has 0 saturated carbocycles. The van der Waals surface area contributed by atoms with Crippen molar-refractivity contribution in [2.75, 3.05) is 26.1 Å². The molecule has 5 N–H and O–H groups in total. The second-order valence-corrected chi connectivity index (χ2v) is 7.74. The minimum absolute atomic E-state index is 0.0279. The highest BCUT2D eigenvalue weighted by Gasteiger charge is 2.17. The third-order valence-electron chi connectivity index (χ3n) is 5.68. The van der Waals surface area contributed by atoms with E-state index in [4.69, 9.17) is 15.2 Å². The van der Waals surface area contributed by atoms with Crippen LogP contribution in [0.5, 0.6) is 11.8 Å². The van der Waals surface area contributed by atoms with Crippen LogP contribution in [0.2, 0.25) is 0 Å². The molecule has 0 aliphatic rings. The van der Waals surface area contributed by atoms with Gasteiger partial charge in [-0.05, 0) is 24.5 Å². The molecule has 1 aromatic carbocycles. The molecule has 0 aliphatic carbocycles. The highest BCUT2D eigenvalue weighted by molar-refractivity contribution is 5.82. The molecule has 10 heteroatoms. The number of nitrogen functional groups attached to an aromatic ring is 1. The molecule has 3 aromatic rings. The Labute approximate surface area is 186 Å². The summed E-state index contributed by atoms with van der Waals surface area (Å²) in [6.07, 6.45) is 0.985. The number of nitrogens with one attached hydrogen (secondary N) is 2. The normalized spacial score (nSPS) is 13.3. The fourth-order valence-corrected chi connectivity index (χ4v) is 3.55. The number of rotatable bonds is 11. The maximum Gasteiger partial charge on any atom is 0.328 e. The Bertz CT molecular complexity index is 1110. The summed E-state index contributed by atoms with van der Waals surface area (Å²) in [5.41, 5.74) is 8.21. The first-order valence-electron chi connectivity index (χ1n) is 10.8. The predicted octanol–water partition coefficient (Wildman–Crippen LogP) is 1.65. The van der Waals surface area contributed by atoms with E-state index >= 15 is 0 Å². The zero-order chi connectivity index (χ0) is 23.3. The number of fused-ring (bicyclic) bond motifs is 1. The number of hydrogen-bond acceptors (Lipinski definition) is 8. The zero-order valence-electron chi connectivity index (χ0n) is 19.0. The first kappa shape index (κ1) is 23.6. The van der Waals surface area contributed by atoms with E-state index in [9.17, 15) is 9.90 Å². The van der Waals surface area contributed by atoms with E-state index in [1.165, 1.54) is 4.57 Å². The molecule has 10 nitrogen and oxygen atoms in total. The molecule has 0 fully saturated rings. The third-order valence-corrected chi connectivity index (χ3v) is 5.68. The van der Waals surface area contributed by atoms with Crippen LogP contribution in [-0.2, 0) is 13.1 Å². The summed E-state index contributed by atoms with van der Waals surface area (Å²) >= 11 is 0. The number of aliphatic hydroxyl groups is 1. The van der Waals surface area contributed by atoms with Crippen molar-refractivity contribution in [1.82, 2.24) is 24.8 Å². The van der Waals surface area contributed by atoms with Gasteiger partial charge < -0.3 is 30.6 Å². The molecule has 174 valence electrons. The number of methoxy groups -OCH3 is 1. The average Bonchev–Trinajstić information content (AvgIpc) is 3.10. The fraction of sp³-hybridized carbons (Fsp3) is 0.500. The topological polar surface area (TPSA) is 140 Å². The molecule has 0 saturated heterocycles.